The first-order valence-corrected chi connectivity index (χ1v) is 7.68. The number of thiophene rings is 1. The highest BCUT2D eigenvalue weighted by Crippen LogP contribution is 2.34. The molecule has 0 aliphatic heterocycles. The first-order chi connectivity index (χ1) is 9.28. The fraction of sp³-hybridized carbons (Fsp3) is 0.222. The molecule has 0 nitrogen and oxygen atoms in total. The highest BCUT2D eigenvalue weighted by Gasteiger charge is 2.06. The number of hydrogen-bond donors (Lipinski definition) is 0. The van der Waals surface area contributed by atoms with Crippen LogP contribution < -0.4 is 0 Å². The van der Waals surface area contributed by atoms with Crippen molar-refractivity contribution in [2.45, 2.75) is 26.2 Å². The van der Waals surface area contributed by atoms with Gasteiger partial charge in [0.05, 0.1) is 0 Å². The van der Waals surface area contributed by atoms with Gasteiger partial charge in [-0.25, -0.2) is 0 Å². The molecule has 0 radical (unpaired) electrons. The van der Waals surface area contributed by atoms with E-state index in [1.165, 1.54) is 32.5 Å². The molecule has 3 aromatic rings. The molecule has 0 N–H and O–H groups in total. The number of fused-ring (bicyclic) bond motifs is 1. The molecule has 0 spiro atoms. The van der Waals surface area contributed by atoms with Gasteiger partial charge in [-0.3, -0.25) is 0 Å². The normalized spacial score (nSPS) is 12.7. The Morgan fingerprint density at radius 3 is 2.42 bits per heavy atom. The van der Waals surface area contributed by atoms with E-state index in [1.807, 2.05) is 11.3 Å². The van der Waals surface area contributed by atoms with Crippen LogP contribution in [0.2, 0.25) is 0 Å². The van der Waals surface area contributed by atoms with Crippen LogP contribution >= 0.6 is 11.3 Å². The lowest BCUT2D eigenvalue weighted by molar-refractivity contribution is 0.734. The zero-order valence-corrected chi connectivity index (χ0v) is 12.2. The van der Waals surface area contributed by atoms with Gasteiger partial charge in [-0.2, -0.15) is 0 Å². The van der Waals surface area contributed by atoms with Gasteiger partial charge >= 0.3 is 0 Å². The van der Waals surface area contributed by atoms with Crippen molar-refractivity contribution in [3.63, 3.8) is 0 Å². The first-order valence-electron chi connectivity index (χ1n) is 6.87. The van der Waals surface area contributed by atoms with Gasteiger partial charge in [0.2, 0.25) is 0 Å². The maximum Gasteiger partial charge on any atom is 0.0355 e. The van der Waals surface area contributed by atoms with Crippen molar-refractivity contribution < 1.29 is 0 Å². The van der Waals surface area contributed by atoms with Crippen LogP contribution in [0.25, 0.3) is 20.5 Å². The lowest BCUT2D eigenvalue weighted by Crippen LogP contribution is -1.90. The largest absolute Gasteiger partial charge is 0.135 e. The second-order valence-electron chi connectivity index (χ2n) is 5.08. The van der Waals surface area contributed by atoms with E-state index in [0.29, 0.717) is 5.92 Å². The van der Waals surface area contributed by atoms with Crippen LogP contribution in [-0.2, 0) is 0 Å². The van der Waals surface area contributed by atoms with Crippen LogP contribution in [-0.4, -0.2) is 0 Å². The van der Waals surface area contributed by atoms with E-state index in [9.17, 15) is 0 Å². The first kappa shape index (κ1) is 12.4. The topological polar surface area (TPSA) is 0 Å². The number of benzene rings is 2. The molecule has 3 rings (SSSR count). The van der Waals surface area contributed by atoms with E-state index in [4.69, 9.17) is 0 Å². The van der Waals surface area contributed by atoms with Crippen LogP contribution in [0.3, 0.4) is 0 Å². The van der Waals surface area contributed by atoms with E-state index in [0.717, 1.165) is 0 Å². The maximum atomic E-state index is 2.29. The Labute approximate surface area is 118 Å². The van der Waals surface area contributed by atoms with Crippen LogP contribution in [0.4, 0.5) is 0 Å². The van der Waals surface area contributed by atoms with Crippen molar-refractivity contribution in [1.82, 2.24) is 0 Å². The van der Waals surface area contributed by atoms with Crippen LogP contribution in [0.1, 0.15) is 31.7 Å². The summed E-state index contributed by atoms with van der Waals surface area (Å²) in [5.41, 5.74) is 2.76. The molecule has 0 aliphatic carbocycles. The molecule has 0 saturated heterocycles. The Balaban J connectivity index is 1.97. The highest BCUT2D eigenvalue weighted by molar-refractivity contribution is 7.22. The monoisotopic (exact) mass is 266 g/mol. The molecule has 0 aliphatic rings. The smallest absolute Gasteiger partial charge is 0.0355 e. The molecule has 1 aromatic heterocycles. The lowest BCUT2D eigenvalue weighted by atomic mass is 9.97. The second kappa shape index (κ2) is 5.18. The molecule has 0 amide bonds. The minimum Gasteiger partial charge on any atom is -0.135 e. The molecular formula is C18H18S. The Morgan fingerprint density at radius 2 is 1.74 bits per heavy atom. The maximum absolute atomic E-state index is 2.29. The third-order valence-corrected chi connectivity index (χ3v) is 4.97. The van der Waals surface area contributed by atoms with Gasteiger partial charge in [-0.15, -0.1) is 11.3 Å². The van der Waals surface area contributed by atoms with Gasteiger partial charge < -0.3 is 0 Å². The summed E-state index contributed by atoms with van der Waals surface area (Å²) in [6.45, 7) is 4.53. The van der Waals surface area contributed by atoms with Crippen molar-refractivity contribution >= 4 is 21.4 Å². The third-order valence-electron chi connectivity index (χ3n) is 3.80. The minimum atomic E-state index is 0.649. The highest BCUT2D eigenvalue weighted by atomic mass is 32.1. The van der Waals surface area contributed by atoms with E-state index < -0.39 is 0 Å². The molecule has 1 unspecified atom stereocenters. The molecule has 96 valence electrons. The van der Waals surface area contributed by atoms with Gasteiger partial charge in [0.1, 0.15) is 0 Å². The summed E-state index contributed by atoms with van der Waals surface area (Å²) in [5, 5.41) is 1.34. The van der Waals surface area contributed by atoms with Crippen molar-refractivity contribution in [2.24, 2.45) is 0 Å². The zero-order valence-electron chi connectivity index (χ0n) is 11.4. The fourth-order valence-electron chi connectivity index (χ4n) is 2.34. The molecule has 1 heterocycles. The van der Waals surface area contributed by atoms with Gasteiger partial charge in [0.15, 0.2) is 0 Å². The van der Waals surface area contributed by atoms with E-state index in [2.05, 4.69) is 68.4 Å². The predicted molar refractivity (Wildman–Crippen MR) is 86.0 cm³/mol. The van der Waals surface area contributed by atoms with Crippen molar-refractivity contribution in [2.75, 3.05) is 0 Å². The van der Waals surface area contributed by atoms with Crippen molar-refractivity contribution in [3.8, 4) is 10.4 Å². The number of hydrogen-bond acceptors (Lipinski definition) is 1. The van der Waals surface area contributed by atoms with Gasteiger partial charge in [0.25, 0.3) is 0 Å². The van der Waals surface area contributed by atoms with Crippen molar-refractivity contribution in [1.29, 1.82) is 0 Å². The summed E-state index contributed by atoms with van der Waals surface area (Å²) in [6.07, 6.45) is 1.20. The summed E-state index contributed by atoms with van der Waals surface area (Å²) < 4.78 is 1.36. The lowest BCUT2D eigenvalue weighted by Gasteiger charge is -2.09. The summed E-state index contributed by atoms with van der Waals surface area (Å²) in [4.78, 5) is 1.36. The average molecular weight is 266 g/mol. The summed E-state index contributed by atoms with van der Waals surface area (Å²) >= 11 is 1.87. The Hall–Kier alpha value is -1.60. The van der Waals surface area contributed by atoms with Crippen LogP contribution in [0.5, 0.6) is 0 Å². The predicted octanol–water partition coefficient (Wildman–Crippen LogP) is 6.08. The van der Waals surface area contributed by atoms with Gasteiger partial charge in [0, 0.05) is 9.58 Å². The minimum absolute atomic E-state index is 0.649. The van der Waals surface area contributed by atoms with Gasteiger partial charge in [-0.1, -0.05) is 56.3 Å². The molecule has 19 heavy (non-hydrogen) atoms. The molecule has 0 fully saturated rings. The standard InChI is InChI=1S/C18H18S/c1-3-13(2)14-8-10-15(11-9-14)18-12-16-6-4-5-7-17(16)19-18/h4-13H,3H2,1-2H3. The fourth-order valence-corrected chi connectivity index (χ4v) is 3.40. The summed E-state index contributed by atoms with van der Waals surface area (Å²) in [6, 6.07) is 19.9. The average Bonchev–Trinajstić information content (AvgIpc) is 2.90. The SMILES string of the molecule is CCC(C)c1ccc(-c2cc3ccccc3s2)cc1. The zero-order chi connectivity index (χ0) is 13.2. The number of rotatable bonds is 3. The molecule has 2 aromatic carbocycles. The third kappa shape index (κ3) is 2.43. The van der Waals surface area contributed by atoms with Crippen LogP contribution in [0, 0.1) is 0 Å². The summed E-state index contributed by atoms with van der Waals surface area (Å²) in [7, 11) is 0. The second-order valence-corrected chi connectivity index (χ2v) is 6.16. The van der Waals surface area contributed by atoms with E-state index in [1.54, 1.807) is 0 Å². The quantitative estimate of drug-likeness (QED) is 0.538. The van der Waals surface area contributed by atoms with E-state index in [-0.39, 0.29) is 0 Å². The van der Waals surface area contributed by atoms with Crippen molar-refractivity contribution in [3.05, 3.63) is 60.2 Å². The van der Waals surface area contributed by atoms with Gasteiger partial charge in [-0.05, 0) is 41.0 Å². The molecular weight excluding hydrogens is 248 g/mol. The molecule has 1 heteroatoms. The Bertz CT molecular complexity index is 643. The molecule has 0 bridgehead atoms. The molecule has 0 saturated carbocycles. The summed E-state index contributed by atoms with van der Waals surface area (Å²) in [5.74, 6) is 0.649. The van der Waals surface area contributed by atoms with Crippen LogP contribution in [0.15, 0.2) is 54.6 Å². The molecule has 1 atom stereocenters. The van der Waals surface area contributed by atoms with E-state index >= 15 is 0 Å². The Morgan fingerprint density at radius 1 is 1.00 bits per heavy atom. The Kier molecular flexibility index (Phi) is 3.39.